The second-order valence-corrected chi connectivity index (χ2v) is 3.01. The van der Waals surface area contributed by atoms with Crippen LogP contribution in [0.2, 0.25) is 0 Å². The van der Waals surface area contributed by atoms with Gasteiger partial charge in [0.1, 0.15) is 18.5 Å². The number of nitrogen functional groups attached to an aromatic ring is 1. The highest BCUT2D eigenvalue weighted by Gasteiger charge is 2.07. The van der Waals surface area contributed by atoms with Crippen molar-refractivity contribution in [2.24, 2.45) is 0 Å². The van der Waals surface area contributed by atoms with Crippen molar-refractivity contribution in [3.63, 3.8) is 0 Å². The van der Waals surface area contributed by atoms with Crippen molar-refractivity contribution in [3.05, 3.63) is 35.9 Å². The molecule has 1 heterocycles. The van der Waals surface area contributed by atoms with Gasteiger partial charge in [0.15, 0.2) is 0 Å². The molecule has 0 aliphatic carbocycles. The first-order valence-electron chi connectivity index (χ1n) is 4.36. The zero-order valence-corrected chi connectivity index (χ0v) is 8.12. The van der Waals surface area contributed by atoms with Crippen LogP contribution in [0.3, 0.4) is 0 Å². The molecule has 0 unspecified atom stereocenters. The van der Waals surface area contributed by atoms with Crippen LogP contribution < -0.4 is 5.73 Å². The lowest BCUT2D eigenvalue weighted by atomic mass is 10.2. The third-order valence-corrected chi connectivity index (χ3v) is 1.98. The van der Waals surface area contributed by atoms with Gasteiger partial charge in [0.05, 0.1) is 11.3 Å². The lowest BCUT2D eigenvalue weighted by molar-refractivity contribution is 0.870. The summed E-state index contributed by atoms with van der Waals surface area (Å²) in [4.78, 5) is 3.76. The summed E-state index contributed by atoms with van der Waals surface area (Å²) in [5.41, 5.74) is 7.00. The fourth-order valence-electron chi connectivity index (χ4n) is 1.27. The normalized spacial score (nSPS) is 9.38. The third kappa shape index (κ3) is 1.56. The molecule has 0 radical (unpaired) electrons. The maximum atomic E-state index is 8.94. The van der Waals surface area contributed by atoms with Crippen molar-refractivity contribution in [2.45, 2.75) is 0 Å². The average molecular weight is 210 g/mol. The van der Waals surface area contributed by atoms with Gasteiger partial charge in [0.2, 0.25) is 0 Å². The van der Waals surface area contributed by atoms with Crippen molar-refractivity contribution in [1.82, 2.24) is 14.8 Å². The van der Waals surface area contributed by atoms with E-state index in [2.05, 4.69) is 10.1 Å². The van der Waals surface area contributed by atoms with Crippen LogP contribution in [0.5, 0.6) is 0 Å². The Hall–Kier alpha value is -2.86. The molecule has 0 atom stereocenters. The predicted octanol–water partition coefficient (Wildman–Crippen LogP) is 0.593. The quantitative estimate of drug-likeness (QED) is 0.693. The van der Waals surface area contributed by atoms with E-state index in [1.165, 1.54) is 11.0 Å². The van der Waals surface area contributed by atoms with Crippen LogP contribution in [0, 0.1) is 22.7 Å². The van der Waals surface area contributed by atoms with E-state index < -0.39 is 0 Å². The zero-order valence-electron chi connectivity index (χ0n) is 8.12. The maximum absolute atomic E-state index is 8.94. The van der Waals surface area contributed by atoms with Gasteiger partial charge in [-0.3, -0.25) is 0 Å². The van der Waals surface area contributed by atoms with E-state index in [1.54, 1.807) is 18.2 Å². The Morgan fingerprint density at radius 2 is 2.06 bits per heavy atom. The Balaban J connectivity index is 2.57. The van der Waals surface area contributed by atoms with Crippen molar-refractivity contribution in [3.8, 4) is 17.8 Å². The lowest BCUT2D eigenvalue weighted by Gasteiger charge is -2.03. The topological polar surface area (TPSA) is 104 Å². The molecule has 0 amide bonds. The number of benzene rings is 1. The van der Waals surface area contributed by atoms with Crippen molar-refractivity contribution in [2.75, 3.05) is 5.73 Å². The van der Waals surface area contributed by atoms with Gasteiger partial charge in [0, 0.05) is 5.69 Å². The number of hydrogen-bond donors (Lipinski definition) is 1. The molecule has 76 valence electrons. The first kappa shape index (κ1) is 9.69. The maximum Gasteiger partial charge on any atom is 0.252 e. The number of aromatic nitrogens is 3. The van der Waals surface area contributed by atoms with Crippen molar-refractivity contribution < 1.29 is 0 Å². The second-order valence-electron chi connectivity index (χ2n) is 3.01. The van der Waals surface area contributed by atoms with E-state index in [-0.39, 0.29) is 5.82 Å². The minimum atomic E-state index is 0.0562. The van der Waals surface area contributed by atoms with Gasteiger partial charge < -0.3 is 5.73 Å². The number of nitriles is 2. The molecule has 6 heteroatoms. The fourth-order valence-corrected chi connectivity index (χ4v) is 1.27. The van der Waals surface area contributed by atoms with Crippen molar-refractivity contribution in [1.29, 1.82) is 10.5 Å². The number of nitrogens with two attached hydrogens (primary N) is 1. The van der Waals surface area contributed by atoms with Crippen molar-refractivity contribution >= 4 is 5.69 Å². The largest absolute Gasteiger partial charge is 0.399 e. The number of rotatable bonds is 1. The van der Waals surface area contributed by atoms with E-state index >= 15 is 0 Å². The van der Waals surface area contributed by atoms with Crippen LogP contribution in [0.15, 0.2) is 24.5 Å². The smallest absolute Gasteiger partial charge is 0.252 e. The van der Waals surface area contributed by atoms with Crippen LogP contribution >= 0.6 is 0 Å². The van der Waals surface area contributed by atoms with Crippen LogP contribution in [0.25, 0.3) is 5.69 Å². The summed E-state index contributed by atoms with van der Waals surface area (Å²) in [6, 6.07) is 8.68. The van der Waals surface area contributed by atoms with E-state index in [9.17, 15) is 0 Å². The zero-order chi connectivity index (χ0) is 11.5. The summed E-state index contributed by atoms with van der Waals surface area (Å²) in [5.74, 6) is 0.0562. The van der Waals surface area contributed by atoms with Gasteiger partial charge in [-0.2, -0.15) is 10.5 Å². The summed E-state index contributed by atoms with van der Waals surface area (Å²) in [5, 5.41) is 21.4. The molecule has 0 saturated carbocycles. The van der Waals surface area contributed by atoms with E-state index in [1.807, 2.05) is 12.1 Å². The Labute approximate surface area is 91.2 Å². The van der Waals surface area contributed by atoms with Crippen LogP contribution in [0.1, 0.15) is 11.4 Å². The van der Waals surface area contributed by atoms with E-state index in [0.717, 1.165) is 0 Å². The fraction of sp³-hybridized carbons (Fsp3) is 0. The third-order valence-electron chi connectivity index (χ3n) is 1.98. The van der Waals surface area contributed by atoms with Crippen LogP contribution in [-0.4, -0.2) is 14.8 Å². The van der Waals surface area contributed by atoms with Gasteiger partial charge in [-0.05, 0) is 18.2 Å². The predicted molar refractivity (Wildman–Crippen MR) is 55.2 cm³/mol. The van der Waals surface area contributed by atoms with E-state index in [0.29, 0.717) is 16.9 Å². The van der Waals surface area contributed by atoms with Gasteiger partial charge in [-0.1, -0.05) is 0 Å². The molecule has 2 N–H and O–H groups in total. The minimum absolute atomic E-state index is 0.0562. The molecule has 1 aromatic carbocycles. The average Bonchev–Trinajstić information content (AvgIpc) is 2.77. The standard InChI is InChI=1S/C10H6N6/c11-4-7-3-8(13)1-2-9(7)16-6-14-10(5-12)15-16/h1-3,6H,13H2. The SMILES string of the molecule is N#Cc1ncn(-c2ccc(N)cc2C#N)n1. The molecular formula is C10H6N6. The highest BCUT2D eigenvalue weighted by molar-refractivity contribution is 5.56. The molecule has 16 heavy (non-hydrogen) atoms. The molecule has 0 aliphatic rings. The molecule has 0 fully saturated rings. The molecular weight excluding hydrogens is 204 g/mol. The first-order chi connectivity index (χ1) is 7.74. The van der Waals surface area contributed by atoms with Gasteiger partial charge in [-0.25, -0.2) is 9.67 Å². The Bertz CT molecular complexity index is 613. The van der Waals surface area contributed by atoms with E-state index in [4.69, 9.17) is 16.3 Å². The highest BCUT2D eigenvalue weighted by atomic mass is 15.3. The van der Waals surface area contributed by atoms with Crippen LogP contribution in [0.4, 0.5) is 5.69 Å². The Morgan fingerprint density at radius 3 is 2.69 bits per heavy atom. The van der Waals surface area contributed by atoms with Gasteiger partial charge >= 0.3 is 0 Å². The molecule has 6 nitrogen and oxygen atoms in total. The molecule has 1 aromatic heterocycles. The lowest BCUT2D eigenvalue weighted by Crippen LogP contribution is -1.99. The second kappa shape index (κ2) is 3.71. The summed E-state index contributed by atoms with van der Waals surface area (Å²) in [6.07, 6.45) is 1.38. The first-order valence-corrected chi connectivity index (χ1v) is 4.36. The van der Waals surface area contributed by atoms with Crippen LogP contribution in [-0.2, 0) is 0 Å². The van der Waals surface area contributed by atoms with Gasteiger partial charge in [-0.15, -0.1) is 5.10 Å². The molecule has 0 aliphatic heterocycles. The summed E-state index contributed by atoms with van der Waals surface area (Å²) < 4.78 is 1.37. The molecule has 2 aromatic rings. The molecule has 0 saturated heterocycles. The molecule has 2 rings (SSSR count). The number of anilines is 1. The Morgan fingerprint density at radius 1 is 1.25 bits per heavy atom. The monoisotopic (exact) mass is 210 g/mol. The highest BCUT2D eigenvalue weighted by Crippen LogP contribution is 2.16. The number of hydrogen-bond acceptors (Lipinski definition) is 5. The number of nitrogens with zero attached hydrogens (tertiary/aromatic N) is 5. The summed E-state index contributed by atoms with van der Waals surface area (Å²) >= 11 is 0. The Kier molecular flexibility index (Phi) is 2.25. The van der Waals surface area contributed by atoms with Gasteiger partial charge in [0.25, 0.3) is 5.82 Å². The minimum Gasteiger partial charge on any atom is -0.399 e. The summed E-state index contributed by atoms with van der Waals surface area (Å²) in [6.45, 7) is 0. The molecule has 0 spiro atoms. The molecule has 0 bridgehead atoms. The summed E-state index contributed by atoms with van der Waals surface area (Å²) in [7, 11) is 0.